The van der Waals surface area contributed by atoms with Gasteiger partial charge in [-0.15, -0.1) is 0 Å². The van der Waals surface area contributed by atoms with E-state index in [-0.39, 0.29) is 24.2 Å². The number of aliphatic imine (C=N–C) groups is 1. The first kappa shape index (κ1) is 27.6. The van der Waals surface area contributed by atoms with E-state index in [0.717, 1.165) is 58.2 Å². The molecule has 0 aliphatic carbocycles. The van der Waals surface area contributed by atoms with Crippen LogP contribution in [0.4, 0.5) is 11.4 Å². The van der Waals surface area contributed by atoms with Crippen LogP contribution >= 0.6 is 0 Å². The molecule has 1 aliphatic rings. The molecule has 216 valence electrons. The van der Waals surface area contributed by atoms with Crippen molar-refractivity contribution in [3.8, 4) is 0 Å². The number of benzene rings is 3. The van der Waals surface area contributed by atoms with Crippen LogP contribution in [0.25, 0.3) is 11.0 Å². The number of aromatic nitrogens is 3. The summed E-state index contributed by atoms with van der Waals surface area (Å²) in [6.07, 6.45) is 1.78. The molecule has 6 rings (SSSR count). The van der Waals surface area contributed by atoms with Gasteiger partial charge >= 0.3 is 0 Å². The minimum absolute atomic E-state index is 0.131. The van der Waals surface area contributed by atoms with E-state index in [4.69, 9.17) is 0 Å². The molecule has 0 bridgehead atoms. The summed E-state index contributed by atoms with van der Waals surface area (Å²) in [5.74, 6) is 0.516. The van der Waals surface area contributed by atoms with Crippen LogP contribution in [0.3, 0.4) is 0 Å². The number of para-hydroxylation sites is 2. The summed E-state index contributed by atoms with van der Waals surface area (Å²) < 4.78 is 1.88. The van der Waals surface area contributed by atoms with Gasteiger partial charge in [0.2, 0.25) is 5.91 Å². The van der Waals surface area contributed by atoms with Crippen LogP contribution in [0.15, 0.2) is 102 Å². The van der Waals surface area contributed by atoms with Gasteiger partial charge in [-0.1, -0.05) is 54.6 Å². The number of anilines is 2. The quantitative estimate of drug-likeness (QED) is 0.233. The largest absolute Gasteiger partial charge is 0.367 e. The van der Waals surface area contributed by atoms with Crippen molar-refractivity contribution in [2.45, 2.75) is 13.1 Å². The molecule has 43 heavy (non-hydrogen) atoms. The monoisotopic (exact) mass is 572 g/mol. The first-order valence-corrected chi connectivity index (χ1v) is 14.2. The number of pyridine rings is 1. The second-order valence-electron chi connectivity index (χ2n) is 10.3. The van der Waals surface area contributed by atoms with E-state index in [2.05, 4.69) is 30.9 Å². The van der Waals surface area contributed by atoms with Crippen molar-refractivity contribution in [1.29, 1.82) is 0 Å². The number of hydrogen-bond acceptors (Lipinski definition) is 7. The molecular formula is C33H32N8O2. The van der Waals surface area contributed by atoms with E-state index in [0.29, 0.717) is 13.1 Å². The minimum Gasteiger partial charge on any atom is -0.367 e. The number of amides is 2. The molecule has 0 saturated heterocycles. The van der Waals surface area contributed by atoms with Gasteiger partial charge in [-0.05, 0) is 47.5 Å². The van der Waals surface area contributed by atoms with Gasteiger partial charge in [0.25, 0.3) is 5.91 Å². The second kappa shape index (κ2) is 12.6. The molecule has 3 heterocycles. The minimum atomic E-state index is -0.390. The molecule has 0 unspecified atom stereocenters. The number of carbonyl (C=O) groups is 2. The van der Waals surface area contributed by atoms with Gasteiger partial charge in [0.1, 0.15) is 11.5 Å². The van der Waals surface area contributed by atoms with Crippen molar-refractivity contribution in [3.05, 3.63) is 120 Å². The smallest absolute Gasteiger partial charge is 0.287 e. The lowest BCUT2D eigenvalue weighted by Crippen LogP contribution is -2.38. The van der Waals surface area contributed by atoms with Crippen LogP contribution in [0.1, 0.15) is 27.4 Å². The fourth-order valence-corrected chi connectivity index (χ4v) is 4.94. The van der Waals surface area contributed by atoms with E-state index in [1.54, 1.807) is 18.1 Å². The number of rotatable bonds is 10. The van der Waals surface area contributed by atoms with Crippen LogP contribution in [-0.2, 0) is 17.9 Å². The Kier molecular flexibility index (Phi) is 8.08. The Morgan fingerprint density at radius 1 is 0.907 bits per heavy atom. The summed E-state index contributed by atoms with van der Waals surface area (Å²) in [7, 11) is 1.72. The average molecular weight is 573 g/mol. The number of amidine groups is 1. The Labute approximate surface area is 249 Å². The normalized spacial score (nSPS) is 12.4. The highest BCUT2D eigenvalue weighted by Crippen LogP contribution is 2.19. The van der Waals surface area contributed by atoms with Gasteiger partial charge in [-0.25, -0.2) is 4.98 Å². The summed E-state index contributed by atoms with van der Waals surface area (Å²) in [5, 5.41) is 9.34. The van der Waals surface area contributed by atoms with Crippen molar-refractivity contribution < 1.29 is 9.59 Å². The standard InChI is InChI=1S/C33H32N8O2/c1-40(21-24-11-13-25(14-12-24)38-26-15-16-28(36-19-26)31-34-17-18-35-31)30(42)20-37-33(43)32-39-27-9-5-6-10-29(27)41(32)22-23-7-3-2-4-8-23/h2-16,19,38H,17-18,20-22H2,1H3,(H,34,35)(H,37,43). The molecule has 0 saturated carbocycles. The summed E-state index contributed by atoms with van der Waals surface area (Å²) >= 11 is 0. The second-order valence-corrected chi connectivity index (χ2v) is 10.3. The molecule has 0 atom stereocenters. The zero-order valence-corrected chi connectivity index (χ0v) is 23.8. The number of imidazole rings is 1. The molecular weight excluding hydrogens is 540 g/mol. The fraction of sp³-hybridized carbons (Fsp3) is 0.182. The summed E-state index contributed by atoms with van der Waals surface area (Å²) in [4.78, 5) is 41.2. The predicted octanol–water partition coefficient (Wildman–Crippen LogP) is 3.96. The number of hydrogen-bond donors (Lipinski definition) is 3. The zero-order chi connectivity index (χ0) is 29.6. The average Bonchev–Trinajstić information content (AvgIpc) is 3.71. The Morgan fingerprint density at radius 3 is 2.42 bits per heavy atom. The van der Waals surface area contributed by atoms with Crippen LogP contribution in [0.2, 0.25) is 0 Å². The number of fused-ring (bicyclic) bond motifs is 1. The first-order chi connectivity index (χ1) is 21.0. The Bertz CT molecular complexity index is 1760. The molecule has 10 nitrogen and oxygen atoms in total. The van der Waals surface area contributed by atoms with E-state index < -0.39 is 0 Å². The van der Waals surface area contributed by atoms with E-state index in [9.17, 15) is 9.59 Å². The topological polar surface area (TPSA) is 117 Å². The zero-order valence-electron chi connectivity index (χ0n) is 23.8. The summed E-state index contributed by atoms with van der Waals surface area (Å²) in [5.41, 5.74) is 6.23. The highest BCUT2D eigenvalue weighted by molar-refractivity contribution is 5.98. The lowest BCUT2D eigenvalue weighted by Gasteiger charge is -2.18. The fourth-order valence-electron chi connectivity index (χ4n) is 4.94. The van der Waals surface area contributed by atoms with Crippen molar-refractivity contribution in [2.24, 2.45) is 4.99 Å². The molecule has 3 aromatic carbocycles. The number of carbonyl (C=O) groups excluding carboxylic acids is 2. The van der Waals surface area contributed by atoms with Crippen LogP contribution < -0.4 is 16.0 Å². The molecule has 1 aliphatic heterocycles. The molecule has 0 radical (unpaired) electrons. The maximum absolute atomic E-state index is 13.2. The van der Waals surface area contributed by atoms with Crippen molar-refractivity contribution in [1.82, 2.24) is 30.1 Å². The van der Waals surface area contributed by atoms with Crippen LogP contribution in [0.5, 0.6) is 0 Å². The molecule has 5 aromatic rings. The summed E-state index contributed by atoms with van der Waals surface area (Å²) in [6, 6.07) is 29.3. The maximum Gasteiger partial charge on any atom is 0.287 e. The first-order valence-electron chi connectivity index (χ1n) is 14.2. The third-order valence-corrected chi connectivity index (χ3v) is 7.21. The number of likely N-dealkylation sites (N-methyl/N-ethyl adjacent to an activating group) is 1. The van der Waals surface area contributed by atoms with E-state index in [1.165, 1.54) is 0 Å². The molecule has 3 N–H and O–H groups in total. The lowest BCUT2D eigenvalue weighted by molar-refractivity contribution is -0.129. The van der Waals surface area contributed by atoms with Gasteiger partial charge in [0.15, 0.2) is 5.82 Å². The van der Waals surface area contributed by atoms with Crippen molar-refractivity contribution >= 4 is 40.1 Å². The lowest BCUT2D eigenvalue weighted by atomic mass is 10.2. The predicted molar refractivity (Wildman–Crippen MR) is 167 cm³/mol. The van der Waals surface area contributed by atoms with Crippen LogP contribution in [0, 0.1) is 0 Å². The Hall–Kier alpha value is -5.51. The number of nitrogens with one attached hydrogen (secondary N) is 3. The van der Waals surface area contributed by atoms with Gasteiger partial charge in [0, 0.05) is 32.4 Å². The van der Waals surface area contributed by atoms with E-state index >= 15 is 0 Å². The maximum atomic E-state index is 13.2. The third kappa shape index (κ3) is 6.54. The Morgan fingerprint density at radius 2 is 1.67 bits per heavy atom. The summed E-state index contributed by atoms with van der Waals surface area (Å²) in [6.45, 7) is 2.40. The molecule has 2 aromatic heterocycles. The van der Waals surface area contributed by atoms with Gasteiger partial charge in [-0.3, -0.25) is 19.6 Å². The highest BCUT2D eigenvalue weighted by atomic mass is 16.2. The van der Waals surface area contributed by atoms with Gasteiger partial charge in [0.05, 0.1) is 36.0 Å². The molecule has 10 heteroatoms. The van der Waals surface area contributed by atoms with Crippen molar-refractivity contribution in [2.75, 3.05) is 32.0 Å². The third-order valence-electron chi connectivity index (χ3n) is 7.21. The van der Waals surface area contributed by atoms with Crippen LogP contribution in [-0.4, -0.2) is 63.8 Å². The Balaban J connectivity index is 1.04. The highest BCUT2D eigenvalue weighted by Gasteiger charge is 2.19. The SMILES string of the molecule is CN(Cc1ccc(Nc2ccc(C3=NCCN3)nc2)cc1)C(=O)CNC(=O)c1nc2ccccc2n1Cc1ccccc1. The molecule has 2 amide bonds. The molecule has 0 spiro atoms. The number of nitrogens with zero attached hydrogens (tertiary/aromatic N) is 5. The van der Waals surface area contributed by atoms with Crippen molar-refractivity contribution in [3.63, 3.8) is 0 Å². The molecule has 0 fully saturated rings. The van der Waals surface area contributed by atoms with Gasteiger partial charge < -0.3 is 25.4 Å². The van der Waals surface area contributed by atoms with E-state index in [1.807, 2.05) is 95.6 Å². The van der Waals surface area contributed by atoms with Gasteiger partial charge in [-0.2, -0.15) is 0 Å².